The molecule has 1 aliphatic heterocycles. The van der Waals surface area contributed by atoms with E-state index in [1.165, 1.54) is 10.6 Å². The van der Waals surface area contributed by atoms with E-state index in [9.17, 15) is 18.0 Å². The summed E-state index contributed by atoms with van der Waals surface area (Å²) in [5, 5.41) is 3.82. The quantitative estimate of drug-likeness (QED) is 0.561. The number of aryl methyl sites for hydroxylation is 2. The van der Waals surface area contributed by atoms with E-state index in [-0.39, 0.29) is 18.0 Å². The normalized spacial score (nSPS) is 15.6. The summed E-state index contributed by atoms with van der Waals surface area (Å²) in [6.45, 7) is 7.59. The van der Waals surface area contributed by atoms with Crippen molar-refractivity contribution < 1.29 is 13.2 Å². The molecule has 0 radical (unpaired) electrons. The van der Waals surface area contributed by atoms with Gasteiger partial charge in [0.15, 0.2) is 0 Å². The third-order valence-corrected chi connectivity index (χ3v) is 8.16. The Morgan fingerprint density at radius 1 is 1.15 bits per heavy atom. The molecule has 1 amide bonds. The minimum Gasteiger partial charge on any atom is -0.348 e. The minimum atomic E-state index is -3.16. The molecule has 34 heavy (non-hydrogen) atoms. The smallest absolute Gasteiger partial charge is 0.254 e. The van der Waals surface area contributed by atoms with Crippen molar-refractivity contribution in [2.45, 2.75) is 46.7 Å². The number of rotatable bonds is 6. The molecule has 0 atom stereocenters. The third-order valence-electron chi connectivity index (χ3n) is 6.86. The number of benzene rings is 1. The number of aromatic amines is 1. The highest BCUT2D eigenvalue weighted by Crippen LogP contribution is 2.29. The molecule has 3 heterocycles. The first-order chi connectivity index (χ1) is 16.1. The molecular weight excluding hydrogens is 452 g/mol. The van der Waals surface area contributed by atoms with Crippen LogP contribution in [0.15, 0.2) is 35.1 Å². The van der Waals surface area contributed by atoms with Crippen LogP contribution in [0.4, 0.5) is 0 Å². The van der Waals surface area contributed by atoms with Crippen molar-refractivity contribution in [1.29, 1.82) is 0 Å². The molecule has 1 saturated heterocycles. The van der Waals surface area contributed by atoms with E-state index in [1.54, 1.807) is 0 Å². The fraction of sp³-hybridized carbons (Fsp3) is 0.440. The molecule has 2 N–H and O–H groups in total. The van der Waals surface area contributed by atoms with E-state index in [4.69, 9.17) is 0 Å². The van der Waals surface area contributed by atoms with Crippen molar-refractivity contribution in [3.8, 4) is 0 Å². The van der Waals surface area contributed by atoms with Crippen molar-refractivity contribution in [2.75, 3.05) is 19.3 Å². The Bertz CT molecular complexity index is 1400. The van der Waals surface area contributed by atoms with Crippen LogP contribution in [-0.2, 0) is 23.1 Å². The summed E-state index contributed by atoms with van der Waals surface area (Å²) in [6, 6.07) is 9.74. The molecule has 0 bridgehead atoms. The van der Waals surface area contributed by atoms with E-state index in [0.717, 1.165) is 47.2 Å². The topological polar surface area (TPSA) is 104 Å². The third kappa shape index (κ3) is 4.81. The molecule has 1 aliphatic rings. The van der Waals surface area contributed by atoms with Crippen molar-refractivity contribution in [2.24, 2.45) is 5.92 Å². The number of pyridine rings is 1. The predicted molar refractivity (Wildman–Crippen MR) is 134 cm³/mol. The lowest BCUT2D eigenvalue weighted by atomic mass is 9.98. The number of para-hydroxylation sites is 1. The summed E-state index contributed by atoms with van der Waals surface area (Å²) in [4.78, 5) is 28.4. The Labute approximate surface area is 200 Å². The Balaban J connectivity index is 1.57. The van der Waals surface area contributed by atoms with Crippen LogP contribution in [0.2, 0.25) is 0 Å². The lowest BCUT2D eigenvalue weighted by molar-refractivity contribution is 0.0951. The lowest BCUT2D eigenvalue weighted by Crippen LogP contribution is -2.38. The molecule has 4 rings (SSSR count). The van der Waals surface area contributed by atoms with Crippen LogP contribution >= 0.6 is 0 Å². The van der Waals surface area contributed by atoms with E-state index in [0.29, 0.717) is 30.1 Å². The summed E-state index contributed by atoms with van der Waals surface area (Å²) in [5.41, 5.74) is 4.49. The number of piperidine rings is 1. The number of fused-ring (bicyclic) bond motifs is 1. The van der Waals surface area contributed by atoms with Gasteiger partial charge in [0.25, 0.3) is 11.5 Å². The number of nitrogens with zero attached hydrogens (tertiary/aromatic N) is 2. The lowest BCUT2D eigenvalue weighted by Gasteiger charge is -2.30. The first kappa shape index (κ1) is 24.2. The molecule has 0 unspecified atom stereocenters. The monoisotopic (exact) mass is 484 g/mol. The van der Waals surface area contributed by atoms with Crippen LogP contribution in [0.5, 0.6) is 0 Å². The van der Waals surface area contributed by atoms with Gasteiger partial charge >= 0.3 is 0 Å². The average Bonchev–Trinajstić information content (AvgIpc) is 3.04. The number of nitrogens with one attached hydrogen (secondary N) is 2. The Kier molecular flexibility index (Phi) is 6.69. The van der Waals surface area contributed by atoms with E-state index < -0.39 is 10.0 Å². The van der Waals surface area contributed by atoms with Crippen molar-refractivity contribution >= 4 is 26.8 Å². The number of sulfonamides is 1. The molecule has 1 fully saturated rings. The van der Waals surface area contributed by atoms with Crippen molar-refractivity contribution in [3.05, 3.63) is 68.8 Å². The van der Waals surface area contributed by atoms with Gasteiger partial charge in [0, 0.05) is 54.0 Å². The molecule has 9 heteroatoms. The number of aromatic nitrogens is 2. The largest absolute Gasteiger partial charge is 0.348 e. The Morgan fingerprint density at radius 2 is 1.82 bits per heavy atom. The molecular formula is C25H32N4O4S. The van der Waals surface area contributed by atoms with Gasteiger partial charge in [-0.15, -0.1) is 0 Å². The standard InChI is InChI=1S/C25H32N4O4S/c1-16-13-17(2)27-24(30)21(16)14-26-25(31)23-18(3)29(22-8-6-5-7-20(22)23)15-19-9-11-28(12-10-19)34(4,32)33/h5-8,13,19H,9-12,14-15H2,1-4H3,(H,26,31)(H,27,30). The molecule has 8 nitrogen and oxygen atoms in total. The second-order valence-corrected chi connectivity index (χ2v) is 11.3. The Morgan fingerprint density at radius 3 is 2.47 bits per heavy atom. The second kappa shape index (κ2) is 9.38. The molecule has 0 saturated carbocycles. The van der Waals surface area contributed by atoms with E-state index in [2.05, 4.69) is 14.9 Å². The predicted octanol–water partition coefficient (Wildman–Crippen LogP) is 2.86. The van der Waals surface area contributed by atoms with Gasteiger partial charge in [-0.1, -0.05) is 18.2 Å². The molecule has 0 spiro atoms. The fourth-order valence-corrected chi connectivity index (χ4v) is 5.87. The van der Waals surface area contributed by atoms with Gasteiger partial charge < -0.3 is 14.9 Å². The maximum atomic E-state index is 13.3. The zero-order chi connectivity index (χ0) is 24.6. The van der Waals surface area contributed by atoms with Crippen LogP contribution in [0, 0.1) is 26.7 Å². The number of carbonyl (C=O) groups excluding carboxylic acids is 1. The van der Waals surface area contributed by atoms with Gasteiger partial charge in [0.2, 0.25) is 10.0 Å². The number of hydrogen-bond donors (Lipinski definition) is 2. The summed E-state index contributed by atoms with van der Waals surface area (Å²) in [7, 11) is -3.16. The van der Waals surface area contributed by atoms with E-state index >= 15 is 0 Å². The van der Waals surface area contributed by atoms with Gasteiger partial charge in [0.1, 0.15) is 0 Å². The van der Waals surface area contributed by atoms with Crippen LogP contribution in [0.3, 0.4) is 0 Å². The summed E-state index contributed by atoms with van der Waals surface area (Å²) < 4.78 is 27.4. The molecule has 2 aromatic heterocycles. The molecule has 182 valence electrons. The zero-order valence-corrected chi connectivity index (χ0v) is 21.0. The fourth-order valence-electron chi connectivity index (χ4n) is 4.99. The van der Waals surface area contributed by atoms with Gasteiger partial charge in [-0.05, 0) is 57.2 Å². The number of H-pyrrole nitrogens is 1. The van der Waals surface area contributed by atoms with Crippen molar-refractivity contribution in [3.63, 3.8) is 0 Å². The molecule has 3 aromatic rings. The van der Waals surface area contributed by atoms with Gasteiger partial charge in [-0.25, -0.2) is 12.7 Å². The van der Waals surface area contributed by atoms with Gasteiger partial charge in [0.05, 0.1) is 11.8 Å². The first-order valence-corrected chi connectivity index (χ1v) is 13.4. The SMILES string of the molecule is Cc1cc(C)c(CNC(=O)c2c(C)n(CC3CCN(S(C)(=O)=O)CC3)c3ccccc23)c(=O)[nH]1. The highest BCUT2D eigenvalue weighted by Gasteiger charge is 2.27. The number of hydrogen-bond acceptors (Lipinski definition) is 4. The summed E-state index contributed by atoms with van der Waals surface area (Å²) >= 11 is 0. The average molecular weight is 485 g/mol. The maximum Gasteiger partial charge on any atom is 0.254 e. The van der Waals surface area contributed by atoms with Crippen molar-refractivity contribution in [1.82, 2.24) is 19.2 Å². The van der Waals surface area contributed by atoms with Crippen LogP contribution < -0.4 is 10.9 Å². The summed E-state index contributed by atoms with van der Waals surface area (Å²) in [5.74, 6) is 0.121. The second-order valence-electron chi connectivity index (χ2n) is 9.32. The summed E-state index contributed by atoms with van der Waals surface area (Å²) in [6.07, 6.45) is 2.83. The zero-order valence-electron chi connectivity index (χ0n) is 20.1. The number of carbonyl (C=O) groups is 1. The first-order valence-electron chi connectivity index (χ1n) is 11.6. The minimum absolute atomic E-state index is 0.156. The van der Waals surface area contributed by atoms with Crippen LogP contribution in [0.25, 0.3) is 10.9 Å². The highest BCUT2D eigenvalue weighted by molar-refractivity contribution is 7.88. The van der Waals surface area contributed by atoms with Gasteiger partial charge in [-0.3, -0.25) is 9.59 Å². The maximum absolute atomic E-state index is 13.3. The van der Waals surface area contributed by atoms with Gasteiger partial charge in [-0.2, -0.15) is 0 Å². The molecule has 1 aromatic carbocycles. The highest BCUT2D eigenvalue weighted by atomic mass is 32.2. The Hall–Kier alpha value is -2.91. The van der Waals surface area contributed by atoms with Crippen LogP contribution in [0.1, 0.15) is 45.7 Å². The molecule has 0 aliphatic carbocycles. The number of amides is 1. The van der Waals surface area contributed by atoms with E-state index in [1.807, 2.05) is 51.1 Å². The van der Waals surface area contributed by atoms with Crippen LogP contribution in [-0.4, -0.2) is 47.5 Å².